The van der Waals surface area contributed by atoms with Crippen molar-refractivity contribution in [1.82, 2.24) is 15.3 Å². The molecule has 1 amide bonds. The van der Waals surface area contributed by atoms with E-state index in [1.165, 1.54) is 24.3 Å². The Morgan fingerprint density at radius 3 is 2.73 bits per heavy atom. The molecule has 3 N–H and O–H groups in total. The van der Waals surface area contributed by atoms with Gasteiger partial charge in [-0.3, -0.25) is 4.79 Å². The highest BCUT2D eigenvalue weighted by Crippen LogP contribution is 2.35. The van der Waals surface area contributed by atoms with E-state index in [-0.39, 0.29) is 23.8 Å². The third-order valence-corrected chi connectivity index (χ3v) is 6.17. The van der Waals surface area contributed by atoms with Crippen molar-refractivity contribution < 1.29 is 18.0 Å². The number of carbonyl (C=O) groups is 1. The highest BCUT2D eigenvalue weighted by molar-refractivity contribution is 9.10. The topological polar surface area (TPSA) is 80.9 Å². The first-order valence-corrected chi connectivity index (χ1v) is 11.4. The zero-order chi connectivity index (χ0) is 23.5. The molecule has 0 bridgehead atoms. The lowest BCUT2D eigenvalue weighted by Gasteiger charge is -2.24. The summed E-state index contributed by atoms with van der Waals surface area (Å²) in [5.74, 6) is -1.76. The molecule has 0 saturated heterocycles. The van der Waals surface area contributed by atoms with Crippen LogP contribution in [-0.4, -0.2) is 22.0 Å². The molecule has 1 aliphatic rings. The molecule has 4 rings (SSSR count). The minimum Gasteiger partial charge on any atom is -0.382 e. The van der Waals surface area contributed by atoms with Crippen molar-refractivity contribution in [2.24, 2.45) is 0 Å². The SMILES string of the molecule is Nc1ncc([C@@H]2CCC[C@@H](F)C2)nc1-c1ccc(C(=O)NCc2cc(F)cc(Br)c2)c(F)c1. The number of halogens is 4. The molecule has 172 valence electrons. The molecule has 0 unspecified atom stereocenters. The Bertz CT molecular complexity index is 1170. The molecule has 0 spiro atoms. The van der Waals surface area contributed by atoms with Gasteiger partial charge in [0.2, 0.25) is 0 Å². The highest BCUT2D eigenvalue weighted by Gasteiger charge is 2.25. The van der Waals surface area contributed by atoms with Gasteiger partial charge in [0, 0.05) is 22.5 Å². The summed E-state index contributed by atoms with van der Waals surface area (Å²) in [5, 5.41) is 2.58. The fourth-order valence-electron chi connectivity index (χ4n) is 4.06. The average Bonchev–Trinajstić information content (AvgIpc) is 2.77. The molecule has 0 radical (unpaired) electrons. The number of nitrogens with two attached hydrogens (primary N) is 1. The molecular weight excluding hydrogens is 497 g/mol. The second kappa shape index (κ2) is 9.91. The largest absolute Gasteiger partial charge is 0.382 e. The number of nitrogens with zero attached hydrogens (tertiary/aromatic N) is 2. The zero-order valence-electron chi connectivity index (χ0n) is 17.6. The van der Waals surface area contributed by atoms with E-state index in [2.05, 4.69) is 31.2 Å². The maximum absolute atomic E-state index is 14.8. The third-order valence-electron chi connectivity index (χ3n) is 5.71. The van der Waals surface area contributed by atoms with Crippen LogP contribution in [0.4, 0.5) is 19.0 Å². The van der Waals surface area contributed by atoms with Gasteiger partial charge in [-0.05, 0) is 61.6 Å². The number of benzene rings is 2. The van der Waals surface area contributed by atoms with Crippen molar-refractivity contribution in [3.63, 3.8) is 0 Å². The van der Waals surface area contributed by atoms with Crippen LogP contribution in [0.3, 0.4) is 0 Å². The Morgan fingerprint density at radius 1 is 1.18 bits per heavy atom. The van der Waals surface area contributed by atoms with Crippen LogP contribution in [0.5, 0.6) is 0 Å². The third kappa shape index (κ3) is 5.52. The molecule has 33 heavy (non-hydrogen) atoms. The van der Waals surface area contributed by atoms with Gasteiger partial charge < -0.3 is 11.1 Å². The molecular formula is C24H22BrF3N4O. The van der Waals surface area contributed by atoms with Crippen LogP contribution in [0.1, 0.15) is 53.2 Å². The number of hydrogen-bond acceptors (Lipinski definition) is 4. The monoisotopic (exact) mass is 518 g/mol. The second-order valence-electron chi connectivity index (χ2n) is 8.14. The quantitative estimate of drug-likeness (QED) is 0.454. The van der Waals surface area contributed by atoms with Gasteiger partial charge in [0.05, 0.1) is 17.5 Å². The zero-order valence-corrected chi connectivity index (χ0v) is 19.2. The van der Waals surface area contributed by atoms with Crippen molar-refractivity contribution in [2.45, 2.75) is 44.3 Å². The Balaban J connectivity index is 1.52. The summed E-state index contributed by atoms with van der Waals surface area (Å²) >= 11 is 3.19. The molecule has 3 aromatic rings. The predicted molar refractivity (Wildman–Crippen MR) is 123 cm³/mol. The predicted octanol–water partition coefficient (Wildman–Crippen LogP) is 5.69. The van der Waals surface area contributed by atoms with Crippen LogP contribution in [0.25, 0.3) is 11.3 Å². The van der Waals surface area contributed by atoms with E-state index in [0.717, 1.165) is 12.8 Å². The van der Waals surface area contributed by atoms with Crippen molar-refractivity contribution in [2.75, 3.05) is 5.73 Å². The Morgan fingerprint density at radius 2 is 2.00 bits per heavy atom. The molecule has 1 aromatic heterocycles. The Labute approximate surface area is 197 Å². The van der Waals surface area contributed by atoms with E-state index in [1.54, 1.807) is 18.3 Å². The maximum atomic E-state index is 14.8. The first-order valence-electron chi connectivity index (χ1n) is 10.6. The van der Waals surface area contributed by atoms with Gasteiger partial charge in [-0.2, -0.15) is 0 Å². The average molecular weight is 519 g/mol. The number of carbonyl (C=O) groups excluding carboxylic acids is 1. The first kappa shape index (κ1) is 23.2. The van der Waals surface area contributed by atoms with E-state index in [4.69, 9.17) is 5.73 Å². The lowest BCUT2D eigenvalue weighted by atomic mass is 9.86. The summed E-state index contributed by atoms with van der Waals surface area (Å²) in [4.78, 5) is 21.2. The molecule has 1 heterocycles. The fraction of sp³-hybridized carbons (Fsp3) is 0.292. The van der Waals surface area contributed by atoms with E-state index < -0.39 is 23.7 Å². The Kier molecular flexibility index (Phi) is 6.97. The molecule has 2 atom stereocenters. The minimum absolute atomic E-state index is 0.0355. The van der Waals surface area contributed by atoms with Crippen molar-refractivity contribution in [1.29, 1.82) is 0 Å². The van der Waals surface area contributed by atoms with E-state index in [0.29, 0.717) is 39.8 Å². The summed E-state index contributed by atoms with van der Waals surface area (Å²) in [6.45, 7) is 0.0355. The molecule has 9 heteroatoms. The van der Waals surface area contributed by atoms with Crippen LogP contribution >= 0.6 is 15.9 Å². The van der Waals surface area contributed by atoms with Crippen molar-refractivity contribution in [3.8, 4) is 11.3 Å². The lowest BCUT2D eigenvalue weighted by molar-refractivity contribution is 0.0947. The van der Waals surface area contributed by atoms with Crippen LogP contribution in [0, 0.1) is 11.6 Å². The van der Waals surface area contributed by atoms with Gasteiger partial charge in [-0.1, -0.05) is 22.0 Å². The highest BCUT2D eigenvalue weighted by atomic mass is 79.9. The van der Waals surface area contributed by atoms with E-state index >= 15 is 0 Å². The van der Waals surface area contributed by atoms with Gasteiger partial charge in [0.15, 0.2) is 0 Å². The van der Waals surface area contributed by atoms with E-state index in [1.807, 2.05) is 0 Å². The molecule has 1 fully saturated rings. The van der Waals surface area contributed by atoms with Gasteiger partial charge in [-0.25, -0.2) is 23.1 Å². The molecule has 1 aliphatic carbocycles. The van der Waals surface area contributed by atoms with Crippen LogP contribution < -0.4 is 11.1 Å². The maximum Gasteiger partial charge on any atom is 0.254 e. The summed E-state index contributed by atoms with van der Waals surface area (Å²) < 4.78 is 42.7. The summed E-state index contributed by atoms with van der Waals surface area (Å²) in [6, 6.07) is 8.31. The Hall–Kier alpha value is -2.94. The molecule has 2 aromatic carbocycles. The number of amides is 1. The number of rotatable bonds is 5. The second-order valence-corrected chi connectivity index (χ2v) is 9.06. The number of nitrogen functional groups attached to an aromatic ring is 1. The standard InChI is InChI=1S/C24H22BrF3N4O/c25-16-6-13(7-18(27)10-16)11-31-24(33)19-5-4-15(9-20(19)28)22-23(29)30-12-21(32-22)14-2-1-3-17(26)8-14/h4-7,9-10,12,14,17H,1-3,8,11H2,(H2,29,30)(H,31,33)/t14-,17-/m1/s1. The summed E-state index contributed by atoms with van der Waals surface area (Å²) in [5.41, 5.74) is 7.65. The van der Waals surface area contributed by atoms with Crippen LogP contribution in [-0.2, 0) is 6.54 Å². The van der Waals surface area contributed by atoms with E-state index in [9.17, 15) is 18.0 Å². The van der Waals surface area contributed by atoms with Crippen molar-refractivity contribution >= 4 is 27.7 Å². The number of aromatic nitrogens is 2. The smallest absolute Gasteiger partial charge is 0.254 e. The van der Waals surface area contributed by atoms with Gasteiger partial charge >= 0.3 is 0 Å². The number of alkyl halides is 1. The van der Waals surface area contributed by atoms with Crippen LogP contribution in [0.2, 0.25) is 0 Å². The molecule has 5 nitrogen and oxygen atoms in total. The van der Waals surface area contributed by atoms with Gasteiger partial charge in [0.1, 0.15) is 29.3 Å². The number of anilines is 1. The number of nitrogens with one attached hydrogen (secondary N) is 1. The summed E-state index contributed by atoms with van der Waals surface area (Å²) in [7, 11) is 0. The van der Waals surface area contributed by atoms with Crippen molar-refractivity contribution in [3.05, 3.63) is 75.5 Å². The first-order chi connectivity index (χ1) is 15.8. The minimum atomic E-state index is -0.865. The van der Waals surface area contributed by atoms with Crippen LogP contribution in [0.15, 0.2) is 47.1 Å². The molecule has 1 saturated carbocycles. The lowest BCUT2D eigenvalue weighted by Crippen LogP contribution is -2.24. The van der Waals surface area contributed by atoms with Gasteiger partial charge in [0.25, 0.3) is 5.91 Å². The number of hydrogen-bond donors (Lipinski definition) is 2. The molecule has 0 aliphatic heterocycles. The normalized spacial score (nSPS) is 18.2. The van der Waals surface area contributed by atoms with Gasteiger partial charge in [-0.15, -0.1) is 0 Å². The fourth-order valence-corrected chi connectivity index (χ4v) is 4.57. The summed E-state index contributed by atoms with van der Waals surface area (Å²) in [6.07, 6.45) is 3.20.